The quantitative estimate of drug-likeness (QED) is 0.0237. The van der Waals surface area contributed by atoms with Gasteiger partial charge in [0.1, 0.15) is 39.0 Å². The zero-order valence-corrected chi connectivity index (χ0v) is 35.1. The number of hydrogen-bond acceptors (Lipinski definition) is 13. The predicted molar refractivity (Wildman–Crippen MR) is 219 cm³/mol. The number of nitrogens with one attached hydrogen (secondary N) is 2. The second-order valence-corrected chi connectivity index (χ2v) is 18.2. The Hall–Kier alpha value is -5.90. The molecule has 61 heavy (non-hydrogen) atoms. The van der Waals surface area contributed by atoms with Crippen LogP contribution in [0.5, 0.6) is 0 Å². The fourth-order valence-corrected chi connectivity index (χ4v) is 8.75. The smallest absolute Gasteiger partial charge is 0.477 e. The predicted octanol–water partition coefficient (Wildman–Crippen LogP) is 6.97. The molecule has 1 fully saturated rings. The molecule has 3 aromatic carbocycles. The summed E-state index contributed by atoms with van der Waals surface area (Å²) in [5, 5.41) is 18.3. The van der Waals surface area contributed by atoms with Gasteiger partial charge in [0, 0.05) is 22.4 Å². The van der Waals surface area contributed by atoms with Crippen LogP contribution in [0.2, 0.25) is 4.34 Å². The number of halogens is 4. The molecule has 0 unspecified atom stereocenters. The number of rotatable bonds is 13. The molecule has 2 aliphatic rings. The Bertz CT molecular complexity index is 2440. The third-order valence-corrected chi connectivity index (χ3v) is 12.1. The first kappa shape index (κ1) is 44.6. The van der Waals surface area contributed by atoms with Crippen LogP contribution in [0.1, 0.15) is 43.2 Å². The number of oxime groups is 1. The Morgan fingerprint density at radius 1 is 0.951 bits per heavy atom. The number of anilines is 1. The van der Waals surface area contributed by atoms with Gasteiger partial charge >= 0.3 is 27.7 Å². The highest BCUT2D eigenvalue weighted by Gasteiger charge is 2.55. The summed E-state index contributed by atoms with van der Waals surface area (Å²) in [6.45, 7) is 4.95. The number of carbonyl (C=O) groups is 4. The summed E-state index contributed by atoms with van der Waals surface area (Å²) < 4.78 is 70.0. The first-order valence-corrected chi connectivity index (χ1v) is 21.4. The number of carboxylic acid groups (broad SMARTS) is 1. The number of allylic oxidation sites excluding steroid dienone is 1. The fourth-order valence-electron chi connectivity index (χ4n) is 6.09. The van der Waals surface area contributed by atoms with Crippen molar-refractivity contribution in [2.45, 2.75) is 48.9 Å². The Morgan fingerprint density at radius 2 is 1.49 bits per heavy atom. The fraction of sp³-hybridized carbons (Fsp3) is 0.231. The maximum Gasteiger partial charge on any atom is 0.534 e. The number of amides is 3. The normalized spacial score (nSPS) is 17.3. The van der Waals surface area contributed by atoms with Gasteiger partial charge in [0.15, 0.2) is 10.8 Å². The van der Waals surface area contributed by atoms with Gasteiger partial charge in [-0.25, -0.2) is 14.6 Å². The lowest BCUT2D eigenvalue weighted by Gasteiger charge is -2.49. The van der Waals surface area contributed by atoms with Crippen LogP contribution in [0.3, 0.4) is 0 Å². The van der Waals surface area contributed by atoms with Gasteiger partial charge in [-0.05, 0) is 32.4 Å². The van der Waals surface area contributed by atoms with E-state index in [2.05, 4.69) is 25.0 Å². The van der Waals surface area contributed by atoms with Crippen LogP contribution < -0.4 is 10.6 Å². The number of thiazole rings is 1. The summed E-state index contributed by atoms with van der Waals surface area (Å²) in [5.74, 6) is -3.93. The molecule has 3 N–H and O–H groups in total. The van der Waals surface area contributed by atoms with Gasteiger partial charge in [-0.2, -0.15) is 21.6 Å². The van der Waals surface area contributed by atoms with E-state index < -0.39 is 73.5 Å². The van der Waals surface area contributed by atoms with Crippen LogP contribution in [0.4, 0.5) is 23.1 Å². The lowest BCUT2D eigenvalue weighted by atomic mass is 9.80. The highest BCUT2D eigenvalue weighted by atomic mass is 35.5. The molecule has 1 saturated heterocycles. The third-order valence-electron chi connectivity index (χ3n) is 8.67. The minimum absolute atomic E-state index is 0.0900. The second kappa shape index (κ2) is 17.6. The molecule has 0 spiro atoms. The summed E-state index contributed by atoms with van der Waals surface area (Å²) in [6, 6.07) is 25.5. The number of ether oxygens (including phenoxy) is 1. The molecule has 320 valence electrons. The lowest BCUT2D eigenvalue weighted by molar-refractivity contribution is -0.150. The average molecular weight is 920 g/mol. The number of alkyl halides is 3. The Morgan fingerprint density at radius 3 is 1.98 bits per heavy atom. The third kappa shape index (κ3) is 9.54. The van der Waals surface area contributed by atoms with Gasteiger partial charge < -0.3 is 24.2 Å². The zero-order valence-electron chi connectivity index (χ0n) is 31.9. The molecule has 0 bridgehead atoms. The van der Waals surface area contributed by atoms with Crippen molar-refractivity contribution in [3.05, 3.63) is 141 Å². The van der Waals surface area contributed by atoms with Gasteiger partial charge in [0.2, 0.25) is 5.60 Å². The van der Waals surface area contributed by atoms with E-state index in [4.69, 9.17) is 21.2 Å². The number of hydrogen-bond donors (Lipinski definition) is 3. The number of thioether (sulfide) groups is 1. The van der Waals surface area contributed by atoms with E-state index in [-0.39, 0.29) is 32.7 Å². The van der Waals surface area contributed by atoms with Crippen molar-refractivity contribution in [1.82, 2.24) is 15.2 Å². The molecule has 2 atom stereocenters. The number of carboxylic acids is 1. The molecule has 15 nitrogen and oxygen atoms in total. The van der Waals surface area contributed by atoms with Crippen LogP contribution in [-0.2, 0) is 43.9 Å². The molecular weight excluding hydrogens is 887 g/mol. The highest BCUT2D eigenvalue weighted by molar-refractivity contribution is 8.00. The van der Waals surface area contributed by atoms with Gasteiger partial charge in [-0.15, -0.1) is 11.8 Å². The van der Waals surface area contributed by atoms with Crippen molar-refractivity contribution in [2.75, 3.05) is 11.1 Å². The van der Waals surface area contributed by atoms with Crippen molar-refractivity contribution in [2.24, 2.45) is 5.16 Å². The van der Waals surface area contributed by atoms with E-state index in [1.54, 1.807) is 112 Å². The number of fused-ring (bicyclic) bond motifs is 1. The molecule has 0 aliphatic carbocycles. The molecule has 3 amide bonds. The molecule has 3 heterocycles. The van der Waals surface area contributed by atoms with E-state index in [0.717, 1.165) is 28.0 Å². The standard InChI is InChI=1S/C39H33ClF3N5O10S3/c1-37(2,3)57-36(53)46-35-45-26(30(40)60-35)27(47-58-38(23-13-7-4-8-14-23,24-15-9-5-10-16-24)25-17-11-6-12-18-25)31(49)44-28-32(50)48-29(34(51)52)22(21-59-33(28)48)19-20-56-61(54,55)39(41,42)43/h4-20,28,33H,21H2,1-3H3,(H,44,49)(H,51,52)(H,45,46,53)/b20-19+,47-27?/t28-,33-/m1/s1. The number of aliphatic carboxylic acids is 1. The SMILES string of the molecule is CC(C)(C)OC(=O)Nc1nc(C(=NOC(c2ccccc2)(c2ccccc2)c2ccccc2)C(=O)N[C@@H]2C(=O)N3C(C(=O)O)=C(/C=C/OS(=O)(=O)C(F)(F)F)CS[C@H]23)c(Cl)s1. The summed E-state index contributed by atoms with van der Waals surface area (Å²) in [7, 11) is -6.04. The monoisotopic (exact) mass is 919 g/mol. The summed E-state index contributed by atoms with van der Waals surface area (Å²) in [6.07, 6.45) is -0.0412. The summed E-state index contributed by atoms with van der Waals surface area (Å²) in [4.78, 5) is 64.8. The highest BCUT2D eigenvalue weighted by Crippen LogP contribution is 2.43. The van der Waals surface area contributed by atoms with E-state index in [0.29, 0.717) is 22.8 Å². The first-order chi connectivity index (χ1) is 28.7. The molecular formula is C39H33ClF3N5O10S3. The van der Waals surface area contributed by atoms with Crippen LogP contribution in [0.15, 0.2) is 120 Å². The Labute approximate surface area is 359 Å². The van der Waals surface area contributed by atoms with Gasteiger partial charge in [-0.3, -0.25) is 19.8 Å². The number of carbonyl (C=O) groups excluding carboxylic acids is 3. The Balaban J connectivity index is 1.39. The van der Waals surface area contributed by atoms with Crippen LogP contribution >= 0.6 is 34.7 Å². The summed E-state index contributed by atoms with van der Waals surface area (Å²) >= 11 is 8.35. The van der Waals surface area contributed by atoms with Gasteiger partial charge in [-0.1, -0.05) is 119 Å². The van der Waals surface area contributed by atoms with Crippen LogP contribution in [0, 0.1) is 0 Å². The number of aromatic nitrogens is 1. The van der Waals surface area contributed by atoms with E-state index >= 15 is 0 Å². The lowest BCUT2D eigenvalue weighted by Crippen LogP contribution is -2.71. The van der Waals surface area contributed by atoms with Crippen molar-refractivity contribution < 1.29 is 59.6 Å². The van der Waals surface area contributed by atoms with Crippen molar-refractivity contribution >= 4 is 79.5 Å². The van der Waals surface area contributed by atoms with E-state index in [9.17, 15) is 45.9 Å². The minimum Gasteiger partial charge on any atom is -0.477 e. The van der Waals surface area contributed by atoms with Gasteiger partial charge in [0.25, 0.3) is 11.8 Å². The molecule has 6 rings (SSSR count). The average Bonchev–Trinajstić information content (AvgIpc) is 3.56. The zero-order chi connectivity index (χ0) is 44.3. The van der Waals surface area contributed by atoms with Crippen molar-refractivity contribution in [3.63, 3.8) is 0 Å². The van der Waals surface area contributed by atoms with Crippen molar-refractivity contribution in [3.8, 4) is 0 Å². The van der Waals surface area contributed by atoms with Crippen LogP contribution in [-0.4, -0.2) is 81.3 Å². The largest absolute Gasteiger partial charge is 0.534 e. The molecule has 0 saturated carbocycles. The van der Waals surface area contributed by atoms with Crippen molar-refractivity contribution in [1.29, 1.82) is 0 Å². The first-order valence-electron chi connectivity index (χ1n) is 17.7. The van der Waals surface area contributed by atoms with E-state index in [1.165, 1.54) is 0 Å². The molecule has 22 heteroatoms. The Kier molecular flexibility index (Phi) is 12.9. The van der Waals surface area contributed by atoms with Crippen LogP contribution in [0.25, 0.3) is 0 Å². The molecule has 2 aliphatic heterocycles. The number of nitrogens with zero attached hydrogens (tertiary/aromatic N) is 3. The number of β-lactam (4-membered cyclic amide) rings is 1. The molecule has 1 aromatic heterocycles. The topological polar surface area (TPSA) is 203 Å². The second-order valence-electron chi connectivity index (χ2n) is 13.9. The maximum atomic E-state index is 14.4. The van der Waals surface area contributed by atoms with Gasteiger partial charge in [0.05, 0.1) is 0 Å². The molecule has 0 radical (unpaired) electrons. The number of benzene rings is 3. The van der Waals surface area contributed by atoms with E-state index in [1.807, 2.05) is 0 Å². The maximum absolute atomic E-state index is 14.4. The summed E-state index contributed by atoms with van der Waals surface area (Å²) in [5.41, 5.74) is -8.13. The minimum atomic E-state index is -6.04. The molecule has 4 aromatic rings.